The van der Waals surface area contributed by atoms with Gasteiger partial charge >= 0.3 is 0 Å². The molecule has 16 heavy (non-hydrogen) atoms. The molecular weight excluding hydrogens is 226 g/mol. The molecule has 1 saturated heterocycles. The lowest BCUT2D eigenvalue weighted by Gasteiger charge is -2.14. The highest BCUT2D eigenvalue weighted by Gasteiger charge is 2.38. The summed E-state index contributed by atoms with van der Waals surface area (Å²) in [7, 11) is 0. The second kappa shape index (κ2) is 4.26. The molecule has 0 radical (unpaired) electrons. The first-order valence-corrected chi connectivity index (χ1v) is 5.67. The summed E-state index contributed by atoms with van der Waals surface area (Å²) in [5.41, 5.74) is 1.78. The minimum Gasteiger partial charge on any atom is -0.274 e. The van der Waals surface area contributed by atoms with Crippen molar-refractivity contribution in [2.24, 2.45) is 0 Å². The van der Waals surface area contributed by atoms with Crippen LogP contribution in [0.3, 0.4) is 0 Å². The lowest BCUT2D eigenvalue weighted by atomic mass is 10.1. The Bertz CT molecular complexity index is 427. The van der Waals surface area contributed by atoms with E-state index in [4.69, 9.17) is 11.6 Å². The van der Waals surface area contributed by atoms with Crippen LogP contribution < -0.4 is 4.90 Å². The first-order chi connectivity index (χ1) is 7.63. The number of carbonyl (C=O) groups is 2. The van der Waals surface area contributed by atoms with E-state index in [1.54, 1.807) is 12.1 Å². The van der Waals surface area contributed by atoms with Crippen LogP contribution in [0.25, 0.3) is 0 Å². The summed E-state index contributed by atoms with van der Waals surface area (Å²) in [6.07, 6.45) is 1.02. The van der Waals surface area contributed by atoms with Crippen molar-refractivity contribution in [3.63, 3.8) is 0 Å². The molecule has 0 aliphatic carbocycles. The third kappa shape index (κ3) is 1.83. The highest BCUT2D eigenvalue weighted by atomic mass is 35.5. The van der Waals surface area contributed by atoms with Crippen molar-refractivity contribution in [2.75, 3.05) is 4.90 Å². The van der Waals surface area contributed by atoms with Crippen molar-refractivity contribution in [1.29, 1.82) is 0 Å². The number of halogens is 1. The number of benzene rings is 1. The van der Waals surface area contributed by atoms with Crippen molar-refractivity contribution in [2.45, 2.75) is 25.1 Å². The van der Waals surface area contributed by atoms with E-state index in [0.29, 0.717) is 5.69 Å². The molecule has 0 spiro atoms. The van der Waals surface area contributed by atoms with Gasteiger partial charge in [0.05, 0.1) is 12.1 Å². The zero-order valence-corrected chi connectivity index (χ0v) is 9.70. The van der Waals surface area contributed by atoms with Crippen LogP contribution >= 0.6 is 11.6 Å². The lowest BCUT2D eigenvalue weighted by Crippen LogP contribution is -2.30. The summed E-state index contributed by atoms with van der Waals surface area (Å²) in [5.74, 6) is -0.551. The molecule has 1 atom stereocenters. The predicted octanol–water partition coefficient (Wildman–Crippen LogP) is 2.12. The van der Waals surface area contributed by atoms with Crippen LogP contribution in [-0.2, 0) is 16.0 Å². The van der Waals surface area contributed by atoms with Gasteiger partial charge < -0.3 is 0 Å². The van der Waals surface area contributed by atoms with Gasteiger partial charge in [0.15, 0.2) is 0 Å². The number of anilines is 1. The van der Waals surface area contributed by atoms with E-state index in [0.717, 1.165) is 11.3 Å². The van der Waals surface area contributed by atoms with Gasteiger partial charge in [-0.1, -0.05) is 19.1 Å². The molecule has 0 saturated carbocycles. The zero-order chi connectivity index (χ0) is 11.7. The fourth-order valence-corrected chi connectivity index (χ4v) is 1.98. The predicted molar refractivity (Wildman–Crippen MR) is 62.6 cm³/mol. The van der Waals surface area contributed by atoms with Crippen LogP contribution in [0.1, 0.15) is 18.9 Å². The van der Waals surface area contributed by atoms with Gasteiger partial charge in [0.1, 0.15) is 5.38 Å². The van der Waals surface area contributed by atoms with Gasteiger partial charge in [0.25, 0.3) is 5.91 Å². The standard InChI is InChI=1S/C12H12ClNO2/c1-2-8-3-5-9(6-4-8)14-11(15)7-10(13)12(14)16/h3-6,10H,2,7H2,1H3. The number of alkyl halides is 1. The second-order valence-electron chi connectivity index (χ2n) is 3.76. The number of hydrogen-bond acceptors (Lipinski definition) is 2. The molecular formula is C12H12ClNO2. The molecule has 0 bridgehead atoms. The molecule has 1 fully saturated rings. The summed E-state index contributed by atoms with van der Waals surface area (Å²) >= 11 is 5.75. The zero-order valence-electron chi connectivity index (χ0n) is 8.94. The first kappa shape index (κ1) is 11.1. The van der Waals surface area contributed by atoms with Crippen LogP contribution in [0, 0.1) is 0 Å². The molecule has 4 heteroatoms. The summed E-state index contributed by atoms with van der Waals surface area (Å²) in [5, 5.41) is -0.710. The minimum atomic E-state index is -0.710. The smallest absolute Gasteiger partial charge is 0.252 e. The average molecular weight is 238 g/mol. The highest BCUT2D eigenvalue weighted by molar-refractivity contribution is 6.40. The number of nitrogens with zero attached hydrogens (tertiary/aromatic N) is 1. The molecule has 1 aliphatic heterocycles. The van der Waals surface area contributed by atoms with Crippen molar-refractivity contribution >= 4 is 29.1 Å². The number of hydrogen-bond donors (Lipinski definition) is 0. The van der Waals surface area contributed by atoms with Crippen molar-refractivity contribution in [3.8, 4) is 0 Å². The summed E-state index contributed by atoms with van der Waals surface area (Å²) in [6, 6.07) is 7.39. The van der Waals surface area contributed by atoms with E-state index in [-0.39, 0.29) is 18.2 Å². The van der Waals surface area contributed by atoms with Crippen LogP contribution in [0.4, 0.5) is 5.69 Å². The topological polar surface area (TPSA) is 37.4 Å². The second-order valence-corrected chi connectivity index (χ2v) is 4.29. The Hall–Kier alpha value is -1.35. The average Bonchev–Trinajstić information content (AvgIpc) is 2.54. The molecule has 0 N–H and O–H groups in total. The van der Waals surface area contributed by atoms with Crippen LogP contribution in [0.2, 0.25) is 0 Å². The Morgan fingerprint density at radius 1 is 1.31 bits per heavy atom. The maximum atomic E-state index is 11.6. The van der Waals surface area contributed by atoms with Gasteiger partial charge in [-0.15, -0.1) is 11.6 Å². The first-order valence-electron chi connectivity index (χ1n) is 5.23. The number of amides is 2. The van der Waals surface area contributed by atoms with E-state index >= 15 is 0 Å². The van der Waals surface area contributed by atoms with Crippen molar-refractivity contribution < 1.29 is 9.59 Å². The molecule has 1 heterocycles. The number of carbonyl (C=O) groups excluding carboxylic acids is 2. The number of aryl methyl sites for hydroxylation is 1. The normalized spacial score (nSPS) is 20.6. The molecule has 2 amide bonds. The van der Waals surface area contributed by atoms with Crippen LogP contribution in [0.15, 0.2) is 24.3 Å². The van der Waals surface area contributed by atoms with Gasteiger partial charge in [0.2, 0.25) is 5.91 Å². The van der Waals surface area contributed by atoms with Gasteiger partial charge in [-0.2, -0.15) is 0 Å². The van der Waals surface area contributed by atoms with Gasteiger partial charge in [-0.3, -0.25) is 9.59 Å². The largest absolute Gasteiger partial charge is 0.274 e. The van der Waals surface area contributed by atoms with E-state index in [1.165, 1.54) is 5.56 Å². The maximum Gasteiger partial charge on any atom is 0.252 e. The maximum absolute atomic E-state index is 11.6. The molecule has 1 aromatic rings. The van der Waals surface area contributed by atoms with E-state index in [1.807, 2.05) is 12.1 Å². The molecule has 1 aliphatic rings. The summed E-state index contributed by atoms with van der Waals surface area (Å²) in [6.45, 7) is 2.05. The Balaban J connectivity index is 2.30. The molecule has 0 aromatic heterocycles. The molecule has 1 unspecified atom stereocenters. The Kier molecular flexibility index (Phi) is 2.97. The third-order valence-corrected chi connectivity index (χ3v) is 3.04. The van der Waals surface area contributed by atoms with Crippen LogP contribution in [0.5, 0.6) is 0 Å². The third-order valence-electron chi connectivity index (χ3n) is 2.69. The fourth-order valence-electron chi connectivity index (χ4n) is 1.75. The molecule has 1 aromatic carbocycles. The summed E-state index contributed by atoms with van der Waals surface area (Å²) in [4.78, 5) is 24.4. The Morgan fingerprint density at radius 3 is 2.38 bits per heavy atom. The fraction of sp³-hybridized carbons (Fsp3) is 0.333. The van der Waals surface area contributed by atoms with E-state index in [2.05, 4.69) is 6.92 Å². The van der Waals surface area contributed by atoms with Gasteiger partial charge in [-0.25, -0.2) is 4.90 Å². The van der Waals surface area contributed by atoms with Gasteiger partial charge in [-0.05, 0) is 24.1 Å². The van der Waals surface area contributed by atoms with Crippen molar-refractivity contribution in [1.82, 2.24) is 0 Å². The SMILES string of the molecule is CCc1ccc(N2C(=O)CC(Cl)C2=O)cc1. The quantitative estimate of drug-likeness (QED) is 0.584. The molecule has 3 nitrogen and oxygen atoms in total. The lowest BCUT2D eigenvalue weighted by molar-refractivity contribution is -0.121. The van der Waals surface area contributed by atoms with Crippen molar-refractivity contribution in [3.05, 3.63) is 29.8 Å². The summed E-state index contributed by atoms with van der Waals surface area (Å²) < 4.78 is 0. The number of rotatable bonds is 2. The minimum absolute atomic E-state index is 0.0932. The Labute approximate surface area is 99.0 Å². The molecule has 84 valence electrons. The van der Waals surface area contributed by atoms with Crippen LogP contribution in [-0.4, -0.2) is 17.2 Å². The molecule has 2 rings (SSSR count). The monoisotopic (exact) mass is 237 g/mol. The van der Waals surface area contributed by atoms with E-state index in [9.17, 15) is 9.59 Å². The Morgan fingerprint density at radius 2 is 1.94 bits per heavy atom. The van der Waals surface area contributed by atoms with E-state index < -0.39 is 5.38 Å². The number of imide groups is 1. The highest BCUT2D eigenvalue weighted by Crippen LogP contribution is 2.25. The van der Waals surface area contributed by atoms with Gasteiger partial charge in [0, 0.05) is 0 Å².